The minimum Gasteiger partial charge on any atom is -0.521 e. The normalized spacial score (nSPS) is 1.00. The molecule has 0 radical (unpaired) electrons. The Morgan fingerprint density at radius 1 is 1.25 bits per heavy atom. The van der Waals surface area contributed by atoms with Crippen LogP contribution < -0.4 is 0 Å². The van der Waals surface area contributed by atoms with Gasteiger partial charge in [-0.25, -0.2) is 0 Å². The molecule has 0 aliphatic rings. The van der Waals surface area contributed by atoms with Crippen LogP contribution in [0.3, 0.4) is 0 Å². The van der Waals surface area contributed by atoms with E-state index in [0.717, 1.165) is 0 Å². The van der Waals surface area contributed by atoms with Crippen molar-refractivity contribution in [2.24, 2.45) is 0 Å². The summed E-state index contributed by atoms with van der Waals surface area (Å²) in [6.45, 7) is 7.00. The first kappa shape index (κ1) is 17.0. The van der Waals surface area contributed by atoms with Gasteiger partial charge in [0.25, 0.3) is 0 Å². The summed E-state index contributed by atoms with van der Waals surface area (Å²) in [6.07, 6.45) is 0. The number of hydrogen-bond donors (Lipinski definition) is 0. The van der Waals surface area contributed by atoms with E-state index in [1.807, 2.05) is 0 Å². The van der Waals surface area contributed by atoms with Gasteiger partial charge in [0.15, 0.2) is 0 Å². The van der Waals surface area contributed by atoms with Crippen molar-refractivity contribution in [2.45, 2.75) is 0 Å². The second-order valence-electron chi connectivity index (χ2n) is 0. The standard InChI is InChI=1S/C2H3.HI.Sm/c1-2;;/h1H,2H2;1H;/q-1;;. The van der Waals surface area contributed by atoms with Gasteiger partial charge in [-0.15, -0.1) is 24.0 Å². The Balaban J connectivity index is -0.00000000500. The minimum atomic E-state index is 0. The number of rotatable bonds is 0. The van der Waals surface area contributed by atoms with Gasteiger partial charge < -0.3 is 6.58 Å². The summed E-state index contributed by atoms with van der Waals surface area (Å²) in [5.41, 5.74) is 0. The Labute approximate surface area is 76.2 Å². The zero-order valence-electron chi connectivity index (χ0n) is 2.10. The Kier molecular flexibility index (Phi) is 90.8. The van der Waals surface area contributed by atoms with Crippen LogP contribution in [0.1, 0.15) is 0 Å². The third kappa shape index (κ3) is 9.19. The molecule has 0 aliphatic carbocycles. The fraction of sp³-hybridized carbons (Fsp3) is 0. The maximum Gasteiger partial charge on any atom is 0 e. The Bertz CT molecular complexity index is 6.00. The molecule has 26 valence electrons. The largest absolute Gasteiger partial charge is 0.521 e. The predicted molar refractivity (Wildman–Crippen MR) is 25.3 cm³/mol. The first-order valence-corrected chi connectivity index (χ1v) is 0.408. The molecule has 0 nitrogen and oxygen atoms in total. The molecule has 0 unspecified atom stereocenters. The van der Waals surface area contributed by atoms with Gasteiger partial charge >= 0.3 is 0 Å². The molecule has 0 aromatic heterocycles. The predicted octanol–water partition coefficient (Wildman–Crippen LogP) is 1.22. The van der Waals surface area contributed by atoms with E-state index in [9.17, 15) is 0 Å². The third-order valence-electron chi connectivity index (χ3n) is 0. The molecule has 2 heteroatoms. The SMILES string of the molecule is I.[CH-]=C.[Sm]. The van der Waals surface area contributed by atoms with E-state index < -0.39 is 0 Å². The first-order chi connectivity index (χ1) is 1.00. The number of hydrogen-bond acceptors (Lipinski definition) is 0. The molecule has 0 atom stereocenters. The van der Waals surface area contributed by atoms with Crippen LogP contribution in [0.5, 0.6) is 0 Å². The molecule has 4 heavy (non-hydrogen) atoms. The van der Waals surface area contributed by atoms with E-state index >= 15 is 0 Å². The molecular formula is C2H4ISm-. The monoisotopic (exact) mass is 307 g/mol. The van der Waals surface area contributed by atoms with Crippen LogP contribution >= 0.6 is 24.0 Å². The van der Waals surface area contributed by atoms with Crippen molar-refractivity contribution in [1.29, 1.82) is 0 Å². The smallest absolute Gasteiger partial charge is 0 e. The molecule has 0 N–H and O–H groups in total. The van der Waals surface area contributed by atoms with Gasteiger partial charge in [0.2, 0.25) is 0 Å². The molecule has 0 aromatic rings. The Morgan fingerprint density at radius 3 is 1.25 bits per heavy atom. The van der Waals surface area contributed by atoms with Crippen LogP contribution in [0.4, 0.5) is 0 Å². The Morgan fingerprint density at radius 2 is 1.25 bits per heavy atom. The summed E-state index contributed by atoms with van der Waals surface area (Å²) in [7, 11) is 0. The van der Waals surface area contributed by atoms with Crippen molar-refractivity contribution in [3.63, 3.8) is 0 Å². The second kappa shape index (κ2) is 21.3. The average Bonchev–Trinajstić information content (AvgIpc) is 1.00. The van der Waals surface area contributed by atoms with Crippen molar-refractivity contribution in [1.82, 2.24) is 0 Å². The Hall–Kier alpha value is 1.81. The first-order valence-electron chi connectivity index (χ1n) is 0.408. The van der Waals surface area contributed by atoms with Crippen LogP contribution in [-0.4, -0.2) is 0 Å². The summed E-state index contributed by atoms with van der Waals surface area (Å²) >= 11 is 0. The molecule has 0 saturated heterocycles. The third-order valence-corrected chi connectivity index (χ3v) is 0. The second-order valence-corrected chi connectivity index (χ2v) is 0. The quantitative estimate of drug-likeness (QED) is 0.466. The van der Waals surface area contributed by atoms with Crippen molar-refractivity contribution in [3.8, 4) is 0 Å². The summed E-state index contributed by atoms with van der Waals surface area (Å²) in [4.78, 5) is 0. The summed E-state index contributed by atoms with van der Waals surface area (Å²) in [6, 6.07) is 0. The van der Waals surface area contributed by atoms with Gasteiger partial charge in [-0.1, -0.05) is 0 Å². The van der Waals surface area contributed by atoms with Gasteiger partial charge in [-0.3, -0.25) is 6.58 Å². The number of halogens is 1. The summed E-state index contributed by atoms with van der Waals surface area (Å²) in [5.74, 6) is 0. The van der Waals surface area contributed by atoms with Crippen LogP contribution in [-0.2, 0) is 0 Å². The van der Waals surface area contributed by atoms with Crippen molar-refractivity contribution < 1.29 is 40.4 Å². The van der Waals surface area contributed by atoms with Gasteiger partial charge in [0.05, 0.1) is 0 Å². The van der Waals surface area contributed by atoms with Gasteiger partial charge in [0.1, 0.15) is 0 Å². The van der Waals surface area contributed by atoms with Gasteiger partial charge in [0, 0.05) is 40.4 Å². The van der Waals surface area contributed by atoms with Crippen LogP contribution in [0.25, 0.3) is 0 Å². The van der Waals surface area contributed by atoms with Gasteiger partial charge in [-0.05, 0) is 0 Å². The summed E-state index contributed by atoms with van der Waals surface area (Å²) < 4.78 is 0. The maximum absolute atomic E-state index is 4.25. The fourth-order valence-electron chi connectivity index (χ4n) is 0. The fourth-order valence-corrected chi connectivity index (χ4v) is 0. The maximum atomic E-state index is 4.25. The van der Waals surface area contributed by atoms with Gasteiger partial charge in [-0.2, -0.15) is 0 Å². The molecule has 0 aliphatic heterocycles. The van der Waals surface area contributed by atoms with E-state index in [4.69, 9.17) is 0 Å². The van der Waals surface area contributed by atoms with Crippen molar-refractivity contribution in [3.05, 3.63) is 13.2 Å². The molecule has 0 rings (SSSR count). The zero-order chi connectivity index (χ0) is 2.00. The zero-order valence-corrected chi connectivity index (χ0v) is 7.05. The van der Waals surface area contributed by atoms with E-state index in [-0.39, 0.29) is 64.4 Å². The summed E-state index contributed by atoms with van der Waals surface area (Å²) in [5, 5.41) is 0. The molecular weight excluding hydrogens is 301 g/mol. The van der Waals surface area contributed by atoms with E-state index in [2.05, 4.69) is 13.2 Å². The minimum absolute atomic E-state index is 0. The topological polar surface area (TPSA) is 0 Å². The molecule has 0 aromatic carbocycles. The molecule has 0 amide bonds. The van der Waals surface area contributed by atoms with Crippen LogP contribution in [0, 0.1) is 47.0 Å². The average molecular weight is 305 g/mol. The molecule has 0 bridgehead atoms. The van der Waals surface area contributed by atoms with E-state index in [1.54, 1.807) is 0 Å². The van der Waals surface area contributed by atoms with Crippen LogP contribution in [0.15, 0.2) is 6.58 Å². The molecule has 0 saturated carbocycles. The van der Waals surface area contributed by atoms with E-state index in [0.29, 0.717) is 0 Å². The molecule has 0 fully saturated rings. The molecule has 0 heterocycles. The van der Waals surface area contributed by atoms with Crippen LogP contribution in [0.2, 0.25) is 0 Å². The van der Waals surface area contributed by atoms with E-state index in [1.165, 1.54) is 0 Å². The van der Waals surface area contributed by atoms with Crippen molar-refractivity contribution >= 4 is 24.0 Å². The van der Waals surface area contributed by atoms with Crippen molar-refractivity contribution in [2.75, 3.05) is 0 Å². The molecule has 0 spiro atoms.